The summed E-state index contributed by atoms with van der Waals surface area (Å²) in [4.78, 5) is 25.6. The van der Waals surface area contributed by atoms with Crippen LogP contribution in [0.15, 0.2) is 11.6 Å². The maximum absolute atomic E-state index is 12.1. The first kappa shape index (κ1) is 14.7. The number of ether oxygens (including phenoxy) is 1. The van der Waals surface area contributed by atoms with E-state index in [-0.39, 0.29) is 17.8 Å². The Kier molecular flexibility index (Phi) is 5.89. The maximum Gasteiger partial charge on any atom is 0.310 e. The van der Waals surface area contributed by atoms with Crippen LogP contribution in [0.3, 0.4) is 0 Å². The van der Waals surface area contributed by atoms with Crippen LogP contribution in [0, 0.1) is 5.92 Å². The lowest BCUT2D eigenvalue weighted by Crippen LogP contribution is -2.43. The SMILES string of the molecule is CC/C=C(\C)C(=O)N1CCC[C@@H](C(=O)OCC)C1. The van der Waals surface area contributed by atoms with Crippen molar-refractivity contribution in [1.29, 1.82) is 0 Å². The van der Waals surface area contributed by atoms with Crippen molar-refractivity contribution in [3.63, 3.8) is 0 Å². The van der Waals surface area contributed by atoms with Gasteiger partial charge < -0.3 is 9.64 Å². The lowest BCUT2D eigenvalue weighted by atomic mass is 9.97. The van der Waals surface area contributed by atoms with E-state index in [1.807, 2.05) is 19.9 Å². The molecule has 0 unspecified atom stereocenters. The highest BCUT2D eigenvalue weighted by atomic mass is 16.5. The Morgan fingerprint density at radius 3 is 2.72 bits per heavy atom. The summed E-state index contributed by atoms with van der Waals surface area (Å²) < 4.78 is 5.03. The summed E-state index contributed by atoms with van der Waals surface area (Å²) in [6, 6.07) is 0. The fourth-order valence-corrected chi connectivity index (χ4v) is 2.26. The minimum atomic E-state index is -0.174. The molecule has 0 spiro atoms. The van der Waals surface area contributed by atoms with Gasteiger partial charge in [0, 0.05) is 18.7 Å². The Balaban J connectivity index is 2.61. The second kappa shape index (κ2) is 7.19. The van der Waals surface area contributed by atoms with E-state index in [9.17, 15) is 9.59 Å². The molecule has 0 aliphatic carbocycles. The van der Waals surface area contributed by atoms with Crippen LogP contribution in [0.25, 0.3) is 0 Å². The Labute approximate surface area is 109 Å². The number of rotatable bonds is 4. The molecule has 4 nitrogen and oxygen atoms in total. The molecular formula is C14H23NO3. The number of amides is 1. The van der Waals surface area contributed by atoms with Crippen molar-refractivity contribution in [2.24, 2.45) is 5.92 Å². The summed E-state index contributed by atoms with van der Waals surface area (Å²) in [5.74, 6) is -0.282. The van der Waals surface area contributed by atoms with Crippen molar-refractivity contribution in [3.8, 4) is 0 Å². The van der Waals surface area contributed by atoms with Gasteiger partial charge in [-0.1, -0.05) is 13.0 Å². The van der Waals surface area contributed by atoms with Crippen molar-refractivity contribution in [3.05, 3.63) is 11.6 Å². The highest BCUT2D eigenvalue weighted by Crippen LogP contribution is 2.19. The van der Waals surface area contributed by atoms with E-state index < -0.39 is 0 Å². The Bertz CT molecular complexity index is 336. The number of esters is 1. The van der Waals surface area contributed by atoms with E-state index in [0.717, 1.165) is 31.4 Å². The molecule has 18 heavy (non-hydrogen) atoms. The summed E-state index contributed by atoms with van der Waals surface area (Å²) in [6.07, 6.45) is 4.47. The van der Waals surface area contributed by atoms with Crippen LogP contribution in [0.4, 0.5) is 0 Å². The Morgan fingerprint density at radius 2 is 2.11 bits per heavy atom. The highest BCUT2D eigenvalue weighted by Gasteiger charge is 2.29. The van der Waals surface area contributed by atoms with Gasteiger partial charge in [-0.05, 0) is 33.1 Å². The minimum Gasteiger partial charge on any atom is -0.466 e. The molecule has 0 N–H and O–H groups in total. The summed E-state index contributed by atoms with van der Waals surface area (Å²) >= 11 is 0. The van der Waals surface area contributed by atoms with Gasteiger partial charge >= 0.3 is 5.97 Å². The molecule has 1 saturated heterocycles. The lowest BCUT2D eigenvalue weighted by molar-refractivity contribution is -0.150. The standard InChI is InChI=1S/C14H23NO3/c1-4-7-11(3)13(16)15-9-6-8-12(10-15)14(17)18-5-2/h7,12H,4-6,8-10H2,1-3H3/b11-7+/t12-/m1/s1. The zero-order chi connectivity index (χ0) is 13.5. The fraction of sp³-hybridized carbons (Fsp3) is 0.714. The van der Waals surface area contributed by atoms with E-state index in [4.69, 9.17) is 4.74 Å². The molecule has 1 aliphatic heterocycles. The summed E-state index contributed by atoms with van der Waals surface area (Å²) in [6.45, 7) is 7.28. The van der Waals surface area contributed by atoms with E-state index in [1.165, 1.54) is 0 Å². The second-order valence-corrected chi connectivity index (χ2v) is 4.64. The smallest absolute Gasteiger partial charge is 0.310 e. The number of nitrogens with zero attached hydrogens (tertiary/aromatic N) is 1. The number of allylic oxidation sites excluding steroid dienone is 1. The van der Waals surface area contributed by atoms with Crippen LogP contribution in [-0.2, 0) is 14.3 Å². The van der Waals surface area contributed by atoms with Crippen LogP contribution in [0.2, 0.25) is 0 Å². The van der Waals surface area contributed by atoms with Gasteiger partial charge in [-0.2, -0.15) is 0 Å². The first-order chi connectivity index (χ1) is 8.60. The quantitative estimate of drug-likeness (QED) is 0.569. The fourth-order valence-electron chi connectivity index (χ4n) is 2.26. The molecule has 1 amide bonds. The molecular weight excluding hydrogens is 230 g/mol. The third-order valence-electron chi connectivity index (χ3n) is 3.18. The van der Waals surface area contributed by atoms with Crippen molar-refractivity contribution >= 4 is 11.9 Å². The lowest BCUT2D eigenvalue weighted by Gasteiger charge is -2.31. The molecule has 1 atom stereocenters. The third-order valence-corrected chi connectivity index (χ3v) is 3.18. The van der Waals surface area contributed by atoms with E-state index in [1.54, 1.807) is 11.8 Å². The molecule has 0 aromatic rings. The topological polar surface area (TPSA) is 46.6 Å². The zero-order valence-electron chi connectivity index (χ0n) is 11.6. The van der Waals surface area contributed by atoms with Gasteiger partial charge in [-0.3, -0.25) is 9.59 Å². The average Bonchev–Trinajstić information content (AvgIpc) is 2.38. The van der Waals surface area contributed by atoms with Gasteiger partial charge in [0.25, 0.3) is 0 Å². The number of likely N-dealkylation sites (tertiary alicyclic amines) is 1. The molecule has 0 aromatic carbocycles. The van der Waals surface area contributed by atoms with Gasteiger partial charge in [0.2, 0.25) is 5.91 Å². The molecule has 0 radical (unpaired) electrons. The molecule has 1 fully saturated rings. The normalized spacial score (nSPS) is 20.7. The molecule has 102 valence electrons. The predicted molar refractivity (Wildman–Crippen MR) is 70.0 cm³/mol. The maximum atomic E-state index is 12.1. The summed E-state index contributed by atoms with van der Waals surface area (Å²) in [5, 5.41) is 0. The monoisotopic (exact) mass is 253 g/mol. The minimum absolute atomic E-state index is 0.0471. The zero-order valence-corrected chi connectivity index (χ0v) is 11.6. The van der Waals surface area contributed by atoms with E-state index in [0.29, 0.717) is 13.2 Å². The predicted octanol–water partition coefficient (Wildman–Crippen LogP) is 2.14. The van der Waals surface area contributed by atoms with Crippen LogP contribution in [0.5, 0.6) is 0 Å². The molecule has 0 saturated carbocycles. The van der Waals surface area contributed by atoms with Gasteiger partial charge in [-0.25, -0.2) is 0 Å². The number of carbonyl (C=O) groups excluding carboxylic acids is 2. The largest absolute Gasteiger partial charge is 0.466 e. The van der Waals surface area contributed by atoms with Gasteiger partial charge in [0.15, 0.2) is 0 Å². The molecule has 0 aromatic heterocycles. The molecule has 1 rings (SSSR count). The van der Waals surface area contributed by atoms with Crippen molar-refractivity contribution in [2.45, 2.75) is 40.0 Å². The van der Waals surface area contributed by atoms with Crippen molar-refractivity contribution in [2.75, 3.05) is 19.7 Å². The average molecular weight is 253 g/mol. The van der Waals surface area contributed by atoms with Crippen LogP contribution >= 0.6 is 0 Å². The summed E-state index contributed by atoms with van der Waals surface area (Å²) in [7, 11) is 0. The number of piperidine rings is 1. The number of carbonyl (C=O) groups is 2. The summed E-state index contributed by atoms with van der Waals surface area (Å²) in [5.41, 5.74) is 0.766. The number of hydrogen-bond acceptors (Lipinski definition) is 3. The Morgan fingerprint density at radius 1 is 1.39 bits per heavy atom. The van der Waals surface area contributed by atoms with Crippen LogP contribution < -0.4 is 0 Å². The van der Waals surface area contributed by atoms with Crippen LogP contribution in [0.1, 0.15) is 40.0 Å². The first-order valence-corrected chi connectivity index (χ1v) is 6.72. The van der Waals surface area contributed by atoms with Crippen molar-refractivity contribution in [1.82, 2.24) is 4.90 Å². The molecule has 0 bridgehead atoms. The van der Waals surface area contributed by atoms with Gasteiger partial charge in [0.05, 0.1) is 12.5 Å². The molecule has 4 heteroatoms. The Hall–Kier alpha value is -1.32. The van der Waals surface area contributed by atoms with Gasteiger partial charge in [0.1, 0.15) is 0 Å². The van der Waals surface area contributed by atoms with Crippen LogP contribution in [-0.4, -0.2) is 36.5 Å². The molecule has 1 aliphatic rings. The van der Waals surface area contributed by atoms with E-state index in [2.05, 4.69) is 0 Å². The molecule has 1 heterocycles. The number of hydrogen-bond donors (Lipinski definition) is 0. The first-order valence-electron chi connectivity index (χ1n) is 6.72. The van der Waals surface area contributed by atoms with Crippen molar-refractivity contribution < 1.29 is 14.3 Å². The third kappa shape index (κ3) is 3.86. The van der Waals surface area contributed by atoms with E-state index >= 15 is 0 Å². The van der Waals surface area contributed by atoms with Gasteiger partial charge in [-0.15, -0.1) is 0 Å². The second-order valence-electron chi connectivity index (χ2n) is 4.64. The highest BCUT2D eigenvalue weighted by molar-refractivity contribution is 5.93.